The molecule has 3 heterocycles. The number of fused-ring (bicyclic) bond motifs is 1. The molecule has 4 rings (SSSR count). The summed E-state index contributed by atoms with van der Waals surface area (Å²) < 4.78 is 4.40. The largest absolute Gasteiger partial charge is 0.494 e. The summed E-state index contributed by atoms with van der Waals surface area (Å²) in [6.45, 7) is 24.2. The van der Waals surface area contributed by atoms with Crippen LogP contribution >= 0.6 is 11.8 Å². The second kappa shape index (κ2) is 13.8. The number of rotatable bonds is 15. The molecule has 3 amide bonds. The van der Waals surface area contributed by atoms with Crippen LogP contribution in [-0.2, 0) is 14.4 Å². The minimum Gasteiger partial charge on any atom is -0.494 e. The Balaban J connectivity index is 1.78. The highest BCUT2D eigenvalue weighted by Gasteiger charge is 2.77. The molecule has 3 fully saturated rings. The Morgan fingerprint density at radius 3 is 2.28 bits per heavy atom. The molecule has 1 aromatic rings. The van der Waals surface area contributed by atoms with E-state index < -0.39 is 32.9 Å². The number of anilines is 1. The van der Waals surface area contributed by atoms with Crippen LogP contribution < -0.4 is 9.64 Å². The average Bonchev–Trinajstić information content (AvgIpc) is 3.54. The molecule has 0 saturated carbocycles. The number of aliphatic hydroxyl groups is 1. The van der Waals surface area contributed by atoms with Gasteiger partial charge in [0.25, 0.3) is 0 Å². The number of thioether (sulfide) groups is 1. The maximum absolute atomic E-state index is 15.0. The number of ether oxygens (including phenoxy) is 1. The Morgan fingerprint density at radius 1 is 1.07 bits per heavy atom. The first kappa shape index (κ1) is 36.1. The maximum Gasteiger partial charge on any atom is 0.247 e. The summed E-state index contributed by atoms with van der Waals surface area (Å²) in [6, 6.07) is 6.75. The molecule has 8 nitrogen and oxygen atoms in total. The van der Waals surface area contributed by atoms with E-state index in [-0.39, 0.29) is 29.7 Å². The summed E-state index contributed by atoms with van der Waals surface area (Å²) in [6.07, 6.45) is 6.79. The lowest BCUT2D eigenvalue weighted by Gasteiger charge is -2.46. The van der Waals surface area contributed by atoms with E-state index in [4.69, 9.17) is 4.74 Å². The first-order valence-corrected chi connectivity index (χ1v) is 17.6. The van der Waals surface area contributed by atoms with Crippen LogP contribution in [0.2, 0.25) is 0 Å². The molecule has 3 aliphatic rings. The van der Waals surface area contributed by atoms with Crippen LogP contribution in [0.3, 0.4) is 0 Å². The molecule has 1 spiro atoms. The standard InChI is InChI=1S/C37H55N3O5S/c1-10-21-38(26-15-17-27(18-16-26)45-12-3)31(42)28-29-32(43)39(23-13-14-24-41)30(37(29)20-19-36(28,9)46-37)33(44)40(22-11-2)35(7,8)25-34(4,5)6/h10-11,15-18,28-30,41H,1-2,12-14,19-25H2,3-9H3/t28-,29+,30?,36+,37?/m1/s1. The van der Waals surface area contributed by atoms with E-state index in [0.717, 1.165) is 24.3 Å². The van der Waals surface area contributed by atoms with Gasteiger partial charge in [-0.15, -0.1) is 24.9 Å². The number of unbranched alkanes of at least 4 members (excludes halogenated alkanes) is 1. The molecule has 1 aromatic carbocycles. The summed E-state index contributed by atoms with van der Waals surface area (Å²) in [7, 11) is 0. The van der Waals surface area contributed by atoms with Crippen molar-refractivity contribution in [1.82, 2.24) is 9.80 Å². The van der Waals surface area contributed by atoms with Crippen LogP contribution in [0.5, 0.6) is 5.75 Å². The Morgan fingerprint density at radius 2 is 1.72 bits per heavy atom. The van der Waals surface area contributed by atoms with E-state index in [1.807, 2.05) is 36.1 Å². The van der Waals surface area contributed by atoms with E-state index in [1.54, 1.807) is 33.7 Å². The van der Waals surface area contributed by atoms with Crippen molar-refractivity contribution in [1.29, 1.82) is 0 Å². The molecule has 2 bridgehead atoms. The number of amides is 3. The number of carbonyl (C=O) groups excluding carboxylic acids is 3. The van der Waals surface area contributed by atoms with Crippen molar-refractivity contribution >= 4 is 35.2 Å². The SMILES string of the molecule is C=CCN(C(=O)[C@H]1[C@H]2C(=O)N(CCCCO)C(C(=O)N(CC=C)C(C)(C)CC(C)(C)C)C23CC[C@]1(C)S3)c1ccc(OCC)cc1. The van der Waals surface area contributed by atoms with Crippen LogP contribution in [0.1, 0.15) is 80.6 Å². The molecule has 1 N–H and O–H groups in total. The molecule has 0 aromatic heterocycles. The summed E-state index contributed by atoms with van der Waals surface area (Å²) in [5, 5.41) is 9.57. The monoisotopic (exact) mass is 653 g/mol. The number of nitrogens with zero attached hydrogens (tertiary/aromatic N) is 3. The quantitative estimate of drug-likeness (QED) is 0.182. The smallest absolute Gasteiger partial charge is 0.247 e. The zero-order chi connectivity index (χ0) is 34.1. The molecule has 5 atom stereocenters. The van der Waals surface area contributed by atoms with Crippen molar-refractivity contribution in [2.45, 2.75) is 102 Å². The normalized spacial score (nSPS) is 27.0. The zero-order valence-electron chi connectivity index (χ0n) is 29.0. The van der Waals surface area contributed by atoms with Gasteiger partial charge in [0.05, 0.1) is 23.2 Å². The van der Waals surface area contributed by atoms with E-state index >= 15 is 4.79 Å². The van der Waals surface area contributed by atoms with Gasteiger partial charge in [0.15, 0.2) is 0 Å². The topological polar surface area (TPSA) is 90.4 Å². The number of aliphatic hydroxyl groups excluding tert-OH is 1. The van der Waals surface area contributed by atoms with Gasteiger partial charge >= 0.3 is 0 Å². The van der Waals surface area contributed by atoms with Crippen LogP contribution in [0.25, 0.3) is 0 Å². The van der Waals surface area contributed by atoms with Crippen molar-refractivity contribution in [3.8, 4) is 5.75 Å². The second-order valence-electron chi connectivity index (χ2n) is 15.1. The van der Waals surface area contributed by atoms with E-state index in [2.05, 4.69) is 54.7 Å². The molecule has 46 heavy (non-hydrogen) atoms. The van der Waals surface area contributed by atoms with E-state index in [1.165, 1.54) is 0 Å². The van der Waals surface area contributed by atoms with Gasteiger partial charge in [0.1, 0.15) is 11.8 Å². The molecule has 9 heteroatoms. The van der Waals surface area contributed by atoms with Crippen LogP contribution in [0.4, 0.5) is 5.69 Å². The molecule has 0 aliphatic carbocycles. The van der Waals surface area contributed by atoms with Crippen LogP contribution in [0.15, 0.2) is 49.6 Å². The third-order valence-electron chi connectivity index (χ3n) is 9.89. The lowest BCUT2D eigenvalue weighted by molar-refractivity contribution is -0.146. The molecular weight excluding hydrogens is 598 g/mol. The van der Waals surface area contributed by atoms with Gasteiger partial charge in [-0.2, -0.15) is 0 Å². The Labute approximate surface area is 280 Å². The third-order valence-corrected chi connectivity index (χ3v) is 11.9. The van der Waals surface area contributed by atoms with E-state index in [9.17, 15) is 14.7 Å². The Bertz CT molecular complexity index is 1310. The van der Waals surface area contributed by atoms with Crippen molar-refractivity contribution in [3.63, 3.8) is 0 Å². The van der Waals surface area contributed by atoms with Crippen molar-refractivity contribution in [2.24, 2.45) is 17.3 Å². The van der Waals surface area contributed by atoms with Gasteiger partial charge in [-0.25, -0.2) is 0 Å². The van der Waals surface area contributed by atoms with Gasteiger partial charge in [-0.1, -0.05) is 32.9 Å². The fraction of sp³-hybridized carbons (Fsp3) is 0.649. The molecule has 254 valence electrons. The highest BCUT2D eigenvalue weighted by molar-refractivity contribution is 8.02. The molecular formula is C37H55N3O5S. The van der Waals surface area contributed by atoms with Crippen LogP contribution in [0, 0.1) is 17.3 Å². The highest BCUT2D eigenvalue weighted by atomic mass is 32.2. The number of likely N-dealkylation sites (tertiary alicyclic amines) is 1. The lowest BCUT2D eigenvalue weighted by Crippen LogP contribution is -2.60. The van der Waals surface area contributed by atoms with Gasteiger partial charge < -0.3 is 24.5 Å². The van der Waals surface area contributed by atoms with Gasteiger partial charge in [-0.3, -0.25) is 14.4 Å². The van der Waals surface area contributed by atoms with Gasteiger partial charge in [0.2, 0.25) is 17.7 Å². The highest BCUT2D eigenvalue weighted by Crippen LogP contribution is 2.71. The predicted octanol–water partition coefficient (Wildman–Crippen LogP) is 6.09. The van der Waals surface area contributed by atoms with Crippen molar-refractivity contribution in [2.75, 3.05) is 37.7 Å². The molecule has 0 radical (unpaired) electrons. The molecule has 3 aliphatic heterocycles. The van der Waals surface area contributed by atoms with Crippen molar-refractivity contribution < 1.29 is 24.2 Å². The zero-order valence-corrected chi connectivity index (χ0v) is 29.8. The number of carbonyl (C=O) groups is 3. The summed E-state index contributed by atoms with van der Waals surface area (Å²) in [5.74, 6) is -0.811. The van der Waals surface area contributed by atoms with Gasteiger partial charge in [-0.05, 0) is 89.5 Å². The Kier molecular flexibility index (Phi) is 10.8. The third kappa shape index (κ3) is 6.64. The Hall–Kier alpha value is -2.78. The lowest BCUT2D eigenvalue weighted by atomic mass is 9.66. The minimum atomic E-state index is -0.724. The van der Waals surface area contributed by atoms with Crippen LogP contribution in [-0.4, -0.2) is 86.6 Å². The molecule has 3 saturated heterocycles. The summed E-state index contributed by atoms with van der Waals surface area (Å²) in [5.41, 5.74) is 0.197. The number of hydrogen-bond donors (Lipinski definition) is 1. The fourth-order valence-corrected chi connectivity index (χ4v) is 10.9. The van der Waals surface area contributed by atoms with E-state index in [0.29, 0.717) is 45.5 Å². The minimum absolute atomic E-state index is 0.0168. The fourth-order valence-electron chi connectivity index (χ4n) is 8.53. The maximum atomic E-state index is 15.0. The average molecular weight is 654 g/mol. The predicted molar refractivity (Wildman–Crippen MR) is 187 cm³/mol. The van der Waals surface area contributed by atoms with Gasteiger partial charge in [0, 0.05) is 42.2 Å². The molecule has 2 unspecified atom stereocenters. The second-order valence-corrected chi connectivity index (χ2v) is 17.0. The summed E-state index contributed by atoms with van der Waals surface area (Å²) in [4.78, 5) is 49.8. The first-order valence-electron chi connectivity index (χ1n) is 16.8. The number of hydrogen-bond acceptors (Lipinski definition) is 6. The summed E-state index contributed by atoms with van der Waals surface area (Å²) >= 11 is 1.69. The first-order chi connectivity index (χ1) is 21.6. The van der Waals surface area contributed by atoms with Crippen molar-refractivity contribution in [3.05, 3.63) is 49.6 Å². The number of benzene rings is 1.